The van der Waals surface area contributed by atoms with E-state index in [1.54, 1.807) is 0 Å². The third-order valence-corrected chi connectivity index (χ3v) is 1.21. The molecule has 0 N–H and O–H groups in total. The number of hydrogen-bond donors (Lipinski definition) is 0. The first kappa shape index (κ1) is 8.54. The minimum Gasteiger partial charge on any atom is -0.364 e. The molecule has 0 aliphatic carbocycles. The normalized spacial score (nSPS) is 25.9. The Bertz CT molecular complexity index is 72.6. The molecule has 1 rings (SSSR count). The third-order valence-electron chi connectivity index (χ3n) is 1.21. The van der Waals surface area contributed by atoms with Crippen molar-refractivity contribution in [3.63, 3.8) is 0 Å². The van der Waals surface area contributed by atoms with Crippen LogP contribution in [0.2, 0.25) is 0 Å². The molecule has 0 aromatic heterocycles. The van der Waals surface area contributed by atoms with Crippen molar-refractivity contribution in [1.82, 2.24) is 4.90 Å². The molecule has 1 radical (unpaired) electrons. The first-order valence-electron chi connectivity index (χ1n) is 2.49. The van der Waals surface area contributed by atoms with Gasteiger partial charge in [-0.1, -0.05) is 0 Å². The number of nitrogens with zero attached hydrogens (tertiary/aromatic N) is 1. The van der Waals surface area contributed by atoms with Crippen molar-refractivity contribution in [2.45, 2.75) is 0 Å². The van der Waals surface area contributed by atoms with Gasteiger partial charge in [0, 0.05) is 0 Å². The van der Waals surface area contributed by atoms with Crippen molar-refractivity contribution in [3.05, 3.63) is 13.8 Å². The molecule has 0 aromatic carbocycles. The summed E-state index contributed by atoms with van der Waals surface area (Å²) < 4.78 is 0. The zero-order valence-electron chi connectivity index (χ0n) is 5.22. The van der Waals surface area contributed by atoms with E-state index in [0.717, 1.165) is 13.1 Å². The van der Waals surface area contributed by atoms with E-state index < -0.39 is 0 Å². The van der Waals surface area contributed by atoms with Crippen LogP contribution in [-0.4, -0.2) is 25.0 Å². The Morgan fingerprint density at radius 3 is 1.75 bits per heavy atom. The SMILES string of the molecule is [CH2-]C1([CH2-])CN(C)C1.[V+2]. The maximum absolute atomic E-state index is 3.87. The first-order chi connectivity index (χ1) is 3.10. The van der Waals surface area contributed by atoms with Crippen LogP contribution in [0.25, 0.3) is 0 Å². The Balaban J connectivity index is 0.000000490. The molecule has 1 aliphatic heterocycles. The molecule has 1 heterocycles. The number of likely N-dealkylation sites (tertiary alicyclic amines) is 1. The maximum Gasteiger partial charge on any atom is 2.00 e. The summed E-state index contributed by atoms with van der Waals surface area (Å²) >= 11 is 0. The van der Waals surface area contributed by atoms with Gasteiger partial charge < -0.3 is 18.7 Å². The molecule has 0 aromatic rings. The van der Waals surface area contributed by atoms with E-state index in [0.29, 0.717) is 0 Å². The van der Waals surface area contributed by atoms with Crippen LogP contribution in [0.15, 0.2) is 0 Å². The molecule has 0 amide bonds. The maximum atomic E-state index is 3.87. The van der Waals surface area contributed by atoms with Gasteiger partial charge in [0.25, 0.3) is 0 Å². The average molecular weight is 148 g/mol. The zero-order chi connectivity index (χ0) is 5.49. The van der Waals surface area contributed by atoms with Gasteiger partial charge in [-0.25, -0.2) is 0 Å². The molecule has 0 unspecified atom stereocenters. The third kappa shape index (κ3) is 1.81. The second-order valence-electron chi connectivity index (χ2n) is 2.67. The summed E-state index contributed by atoms with van der Waals surface area (Å²) in [5.41, 5.74) is 0.120. The molecule has 2 heteroatoms. The Morgan fingerprint density at radius 1 is 1.38 bits per heavy atom. The molecule has 1 aliphatic rings. The minimum atomic E-state index is 0. The van der Waals surface area contributed by atoms with Crippen LogP contribution < -0.4 is 0 Å². The van der Waals surface area contributed by atoms with Crippen LogP contribution in [0.1, 0.15) is 0 Å². The van der Waals surface area contributed by atoms with Crippen LogP contribution >= 0.6 is 0 Å². The predicted octanol–water partition coefficient (Wildman–Crippen LogP) is 0.584. The second-order valence-corrected chi connectivity index (χ2v) is 2.67. The molecular formula is C6H11NV. The Morgan fingerprint density at radius 2 is 1.75 bits per heavy atom. The zero-order valence-corrected chi connectivity index (χ0v) is 6.62. The largest absolute Gasteiger partial charge is 2.00 e. The summed E-state index contributed by atoms with van der Waals surface area (Å²) in [7, 11) is 2.08. The molecule has 0 atom stereocenters. The summed E-state index contributed by atoms with van der Waals surface area (Å²) in [5, 5.41) is 0. The van der Waals surface area contributed by atoms with Crippen LogP contribution in [0, 0.1) is 19.3 Å². The van der Waals surface area contributed by atoms with E-state index in [4.69, 9.17) is 0 Å². The molecule has 1 saturated heterocycles. The van der Waals surface area contributed by atoms with Gasteiger partial charge in [0.05, 0.1) is 0 Å². The van der Waals surface area contributed by atoms with Crippen molar-refractivity contribution < 1.29 is 18.6 Å². The molecule has 0 bridgehead atoms. The smallest absolute Gasteiger partial charge is 0.364 e. The summed E-state index contributed by atoms with van der Waals surface area (Å²) in [6, 6.07) is 0. The van der Waals surface area contributed by atoms with Crippen LogP contribution in [0.3, 0.4) is 0 Å². The van der Waals surface area contributed by atoms with Gasteiger partial charge in [-0.3, -0.25) is 5.41 Å². The monoisotopic (exact) mass is 148 g/mol. The number of hydrogen-bond acceptors (Lipinski definition) is 1. The molecule has 8 heavy (non-hydrogen) atoms. The Hall–Kier alpha value is 0.544. The van der Waals surface area contributed by atoms with Crippen LogP contribution in [0.4, 0.5) is 0 Å². The molecular weight excluding hydrogens is 137 g/mol. The molecule has 45 valence electrons. The van der Waals surface area contributed by atoms with E-state index in [1.165, 1.54) is 0 Å². The summed E-state index contributed by atoms with van der Waals surface area (Å²) in [6.07, 6.45) is 0. The van der Waals surface area contributed by atoms with Crippen molar-refractivity contribution in [1.29, 1.82) is 0 Å². The fraction of sp³-hybridized carbons (Fsp3) is 0.667. The van der Waals surface area contributed by atoms with Gasteiger partial charge in [-0.2, -0.15) is 0 Å². The van der Waals surface area contributed by atoms with Crippen LogP contribution in [-0.2, 0) is 18.6 Å². The fourth-order valence-corrected chi connectivity index (χ4v) is 1.10. The summed E-state index contributed by atoms with van der Waals surface area (Å²) in [5.74, 6) is 0. The quantitative estimate of drug-likeness (QED) is 0.454. The van der Waals surface area contributed by atoms with E-state index >= 15 is 0 Å². The van der Waals surface area contributed by atoms with Crippen molar-refractivity contribution in [3.8, 4) is 0 Å². The summed E-state index contributed by atoms with van der Waals surface area (Å²) in [6.45, 7) is 9.84. The molecule has 1 fully saturated rings. The number of rotatable bonds is 0. The topological polar surface area (TPSA) is 3.24 Å². The van der Waals surface area contributed by atoms with Gasteiger partial charge in [-0.05, 0) is 20.1 Å². The van der Waals surface area contributed by atoms with Crippen molar-refractivity contribution >= 4 is 0 Å². The van der Waals surface area contributed by atoms with Crippen LogP contribution in [0.5, 0.6) is 0 Å². The van der Waals surface area contributed by atoms with Gasteiger partial charge in [0.2, 0.25) is 0 Å². The molecule has 0 spiro atoms. The predicted molar refractivity (Wildman–Crippen MR) is 30.6 cm³/mol. The van der Waals surface area contributed by atoms with E-state index in [2.05, 4.69) is 25.8 Å². The standard InChI is InChI=1S/C6H11N.V/c1-6(2)4-7(3)5-6;/h1-2,4-5H2,3H3;/q-2;+2. The van der Waals surface area contributed by atoms with Gasteiger partial charge >= 0.3 is 18.6 Å². The van der Waals surface area contributed by atoms with E-state index in [1.807, 2.05) is 0 Å². The fourth-order valence-electron chi connectivity index (χ4n) is 1.10. The second kappa shape index (κ2) is 2.42. The van der Waals surface area contributed by atoms with E-state index in [-0.39, 0.29) is 24.0 Å². The van der Waals surface area contributed by atoms with Gasteiger partial charge in [0.1, 0.15) is 0 Å². The van der Waals surface area contributed by atoms with Gasteiger partial charge in [0.15, 0.2) is 0 Å². The molecule has 0 saturated carbocycles. The average Bonchev–Trinajstić information content (AvgIpc) is 1.27. The molecule has 1 nitrogen and oxygen atoms in total. The minimum absolute atomic E-state index is 0. The van der Waals surface area contributed by atoms with Gasteiger partial charge in [-0.15, -0.1) is 0 Å². The Kier molecular flexibility index (Phi) is 2.59. The van der Waals surface area contributed by atoms with Crippen molar-refractivity contribution in [2.24, 2.45) is 5.41 Å². The van der Waals surface area contributed by atoms with E-state index in [9.17, 15) is 0 Å². The first-order valence-corrected chi connectivity index (χ1v) is 2.49. The summed E-state index contributed by atoms with van der Waals surface area (Å²) in [4.78, 5) is 2.21. The van der Waals surface area contributed by atoms with Crippen molar-refractivity contribution in [2.75, 3.05) is 20.1 Å². The Labute approximate surface area is 63.3 Å².